The Hall–Kier alpha value is -2.17. The lowest BCUT2D eigenvalue weighted by atomic mass is 10.2. The number of para-hydroxylation sites is 1. The number of benzene rings is 1. The zero-order valence-electron chi connectivity index (χ0n) is 11.8. The van der Waals surface area contributed by atoms with Crippen molar-refractivity contribution in [2.45, 2.75) is 39.7 Å². The van der Waals surface area contributed by atoms with Crippen LogP contribution in [0.1, 0.15) is 33.1 Å². The third-order valence-electron chi connectivity index (χ3n) is 3.19. The molecule has 0 aliphatic rings. The standard InChI is InChI=1S/C15H19N3O2/c1-3-4-7-10-18-13-9-6-5-8-12(13)14(15(18)20)17-16-11(2)19/h5-6,8-9,20H,3-4,7,10H2,1-2H3. The van der Waals surface area contributed by atoms with Crippen LogP contribution in [0.2, 0.25) is 0 Å². The second kappa shape index (κ2) is 6.32. The molecule has 20 heavy (non-hydrogen) atoms. The molecular weight excluding hydrogens is 254 g/mol. The molecule has 2 aromatic rings. The van der Waals surface area contributed by atoms with Gasteiger partial charge in [0.05, 0.1) is 5.52 Å². The largest absolute Gasteiger partial charge is 0.493 e. The zero-order chi connectivity index (χ0) is 14.5. The first kappa shape index (κ1) is 14.2. The maximum absolute atomic E-state index is 10.9. The fourth-order valence-electron chi connectivity index (χ4n) is 2.24. The number of hydrogen-bond donors (Lipinski definition) is 1. The van der Waals surface area contributed by atoms with Gasteiger partial charge in [-0.05, 0) is 12.5 Å². The van der Waals surface area contributed by atoms with Crippen LogP contribution < -0.4 is 0 Å². The van der Waals surface area contributed by atoms with Crippen LogP contribution in [0.3, 0.4) is 0 Å². The van der Waals surface area contributed by atoms with Crippen molar-refractivity contribution in [2.24, 2.45) is 10.2 Å². The third-order valence-corrected chi connectivity index (χ3v) is 3.19. The molecule has 0 saturated heterocycles. The zero-order valence-corrected chi connectivity index (χ0v) is 11.8. The van der Waals surface area contributed by atoms with Crippen LogP contribution in [0.4, 0.5) is 5.69 Å². The quantitative estimate of drug-likeness (QED) is 0.656. The topological polar surface area (TPSA) is 66.9 Å². The number of unbranched alkanes of at least 4 members (excludes halogenated alkanes) is 2. The van der Waals surface area contributed by atoms with Crippen LogP contribution in [-0.2, 0) is 11.3 Å². The van der Waals surface area contributed by atoms with Gasteiger partial charge in [0.1, 0.15) is 0 Å². The van der Waals surface area contributed by atoms with Gasteiger partial charge < -0.3 is 9.67 Å². The number of aromatic hydroxyl groups is 1. The minimum atomic E-state index is -0.382. The fraction of sp³-hybridized carbons (Fsp3) is 0.400. The monoisotopic (exact) mass is 273 g/mol. The maximum Gasteiger partial charge on any atom is 0.261 e. The van der Waals surface area contributed by atoms with E-state index in [0.717, 1.165) is 36.7 Å². The predicted octanol–water partition coefficient (Wildman–Crippen LogP) is 4.17. The smallest absolute Gasteiger partial charge is 0.261 e. The molecule has 0 spiro atoms. The molecule has 0 fully saturated rings. The number of amides is 1. The number of aromatic nitrogens is 1. The van der Waals surface area contributed by atoms with E-state index in [0.29, 0.717) is 5.69 Å². The van der Waals surface area contributed by atoms with E-state index >= 15 is 0 Å². The van der Waals surface area contributed by atoms with Gasteiger partial charge in [0.25, 0.3) is 5.91 Å². The number of carbonyl (C=O) groups is 1. The number of fused-ring (bicyclic) bond motifs is 1. The van der Waals surface area contributed by atoms with Crippen molar-refractivity contribution in [3.8, 4) is 5.88 Å². The Bertz CT molecular complexity index is 644. The molecule has 0 saturated carbocycles. The number of aryl methyl sites for hydroxylation is 1. The summed E-state index contributed by atoms with van der Waals surface area (Å²) in [6, 6.07) is 7.61. The first-order chi connectivity index (χ1) is 9.65. The van der Waals surface area contributed by atoms with Gasteiger partial charge >= 0.3 is 0 Å². The summed E-state index contributed by atoms with van der Waals surface area (Å²) in [6.07, 6.45) is 3.22. The second-order valence-electron chi connectivity index (χ2n) is 4.77. The molecule has 2 rings (SSSR count). The second-order valence-corrected chi connectivity index (χ2v) is 4.77. The number of azo groups is 1. The average Bonchev–Trinajstić information content (AvgIpc) is 2.70. The molecule has 0 aliphatic heterocycles. The molecule has 0 bridgehead atoms. The molecule has 5 heteroatoms. The summed E-state index contributed by atoms with van der Waals surface area (Å²) in [5, 5.41) is 18.5. The summed E-state index contributed by atoms with van der Waals surface area (Å²) in [6.45, 7) is 4.21. The van der Waals surface area contributed by atoms with Crippen LogP contribution >= 0.6 is 0 Å². The summed E-state index contributed by atoms with van der Waals surface area (Å²) < 4.78 is 1.83. The Morgan fingerprint density at radius 3 is 2.75 bits per heavy atom. The van der Waals surface area contributed by atoms with E-state index < -0.39 is 0 Å². The molecule has 1 heterocycles. The lowest BCUT2D eigenvalue weighted by molar-refractivity contribution is -0.116. The minimum absolute atomic E-state index is 0.0762. The van der Waals surface area contributed by atoms with Crippen molar-refractivity contribution in [3.05, 3.63) is 24.3 Å². The van der Waals surface area contributed by atoms with Crippen LogP contribution in [0.15, 0.2) is 34.5 Å². The molecule has 1 aromatic heterocycles. The first-order valence-electron chi connectivity index (χ1n) is 6.87. The molecular formula is C15H19N3O2. The van der Waals surface area contributed by atoms with E-state index in [-0.39, 0.29) is 11.8 Å². The van der Waals surface area contributed by atoms with E-state index in [1.807, 2.05) is 28.8 Å². The molecule has 1 amide bonds. The van der Waals surface area contributed by atoms with Crippen LogP contribution in [0, 0.1) is 0 Å². The highest BCUT2D eigenvalue weighted by Gasteiger charge is 2.15. The van der Waals surface area contributed by atoms with Gasteiger partial charge in [-0.3, -0.25) is 4.79 Å². The lowest BCUT2D eigenvalue weighted by Gasteiger charge is -2.05. The van der Waals surface area contributed by atoms with Crippen LogP contribution in [0.5, 0.6) is 5.88 Å². The SMILES string of the molecule is CCCCCn1c(O)c(N=NC(C)=O)c2ccccc21. The summed E-state index contributed by atoms with van der Waals surface area (Å²) in [5.41, 5.74) is 1.28. The van der Waals surface area contributed by atoms with E-state index in [2.05, 4.69) is 17.2 Å². The fourth-order valence-corrected chi connectivity index (χ4v) is 2.24. The molecule has 0 atom stereocenters. The van der Waals surface area contributed by atoms with Gasteiger partial charge in [-0.1, -0.05) is 38.0 Å². The van der Waals surface area contributed by atoms with Crippen molar-refractivity contribution in [1.29, 1.82) is 0 Å². The van der Waals surface area contributed by atoms with Crippen molar-refractivity contribution in [1.82, 2.24) is 4.57 Å². The summed E-state index contributed by atoms with van der Waals surface area (Å²) in [5.74, 6) is -0.306. The Kier molecular flexibility index (Phi) is 4.50. The lowest BCUT2D eigenvalue weighted by Crippen LogP contribution is -1.96. The van der Waals surface area contributed by atoms with E-state index in [4.69, 9.17) is 0 Å². The van der Waals surface area contributed by atoms with E-state index in [1.54, 1.807) is 0 Å². The van der Waals surface area contributed by atoms with Crippen molar-refractivity contribution < 1.29 is 9.90 Å². The van der Waals surface area contributed by atoms with Crippen LogP contribution in [-0.4, -0.2) is 15.6 Å². The predicted molar refractivity (Wildman–Crippen MR) is 78.3 cm³/mol. The van der Waals surface area contributed by atoms with Crippen molar-refractivity contribution in [3.63, 3.8) is 0 Å². The van der Waals surface area contributed by atoms with E-state index in [1.165, 1.54) is 6.92 Å². The average molecular weight is 273 g/mol. The summed E-state index contributed by atoms with van der Waals surface area (Å²) in [7, 11) is 0. The van der Waals surface area contributed by atoms with Crippen molar-refractivity contribution in [2.75, 3.05) is 0 Å². The number of nitrogens with zero attached hydrogens (tertiary/aromatic N) is 3. The van der Waals surface area contributed by atoms with E-state index in [9.17, 15) is 9.90 Å². The summed E-state index contributed by atoms with van der Waals surface area (Å²) in [4.78, 5) is 10.9. The highest BCUT2D eigenvalue weighted by atomic mass is 16.3. The van der Waals surface area contributed by atoms with Gasteiger partial charge in [0, 0.05) is 18.9 Å². The van der Waals surface area contributed by atoms with Gasteiger partial charge in [0.15, 0.2) is 5.69 Å². The highest BCUT2D eigenvalue weighted by molar-refractivity contribution is 5.95. The molecule has 5 nitrogen and oxygen atoms in total. The van der Waals surface area contributed by atoms with Crippen LogP contribution in [0.25, 0.3) is 10.9 Å². The highest BCUT2D eigenvalue weighted by Crippen LogP contribution is 2.38. The Morgan fingerprint density at radius 1 is 1.30 bits per heavy atom. The van der Waals surface area contributed by atoms with Gasteiger partial charge in [0.2, 0.25) is 5.88 Å². The molecule has 0 unspecified atom stereocenters. The minimum Gasteiger partial charge on any atom is -0.493 e. The molecule has 1 aromatic carbocycles. The van der Waals surface area contributed by atoms with Crippen molar-refractivity contribution >= 4 is 22.5 Å². The normalized spacial score (nSPS) is 11.5. The van der Waals surface area contributed by atoms with Gasteiger partial charge in [-0.2, -0.15) is 0 Å². The van der Waals surface area contributed by atoms with Gasteiger partial charge in [-0.25, -0.2) is 0 Å². The molecule has 0 aliphatic carbocycles. The Morgan fingerprint density at radius 2 is 2.05 bits per heavy atom. The Labute approximate surface area is 117 Å². The summed E-state index contributed by atoms with van der Waals surface area (Å²) >= 11 is 0. The molecule has 106 valence electrons. The molecule has 1 N–H and O–H groups in total. The number of carbonyl (C=O) groups excluding carboxylic acids is 1. The third kappa shape index (κ3) is 2.87. The molecule has 0 radical (unpaired) electrons. The first-order valence-corrected chi connectivity index (χ1v) is 6.87. The Balaban J connectivity index is 2.46. The maximum atomic E-state index is 10.9. The number of hydrogen-bond acceptors (Lipinski definition) is 3. The van der Waals surface area contributed by atoms with Gasteiger partial charge in [-0.15, -0.1) is 10.2 Å². The number of rotatable bonds is 5.